The molecule has 4 nitrogen and oxygen atoms in total. The van der Waals surface area contributed by atoms with Crippen LogP contribution in [0.1, 0.15) is 31.2 Å². The predicted molar refractivity (Wildman–Crippen MR) is 95.3 cm³/mol. The SMILES string of the molecule is CSCC[C@H](N)C1=N[C@@]2(c3ccccc3Cl)CCC[C@@H](O1)C2=O. The van der Waals surface area contributed by atoms with Crippen molar-refractivity contribution in [2.75, 3.05) is 12.0 Å². The highest BCUT2D eigenvalue weighted by Gasteiger charge is 2.52. The number of rotatable bonds is 5. The number of hydrogen-bond donors (Lipinski definition) is 1. The highest BCUT2D eigenvalue weighted by molar-refractivity contribution is 7.98. The summed E-state index contributed by atoms with van der Waals surface area (Å²) in [6.45, 7) is 0. The molecule has 1 saturated carbocycles. The van der Waals surface area contributed by atoms with E-state index in [1.54, 1.807) is 17.8 Å². The van der Waals surface area contributed by atoms with Crippen molar-refractivity contribution < 1.29 is 9.53 Å². The number of Topliss-reactive ketones (excluding diaryl/α,β-unsaturated/α-hetero) is 1. The molecule has 1 aromatic carbocycles. The van der Waals surface area contributed by atoms with Gasteiger partial charge in [0.2, 0.25) is 11.7 Å². The van der Waals surface area contributed by atoms with Crippen LogP contribution in [0.25, 0.3) is 0 Å². The monoisotopic (exact) mass is 352 g/mol. The van der Waals surface area contributed by atoms with Crippen molar-refractivity contribution in [2.45, 2.75) is 43.4 Å². The number of ketones is 1. The van der Waals surface area contributed by atoms with Gasteiger partial charge in [-0.05, 0) is 43.8 Å². The Morgan fingerprint density at radius 2 is 2.30 bits per heavy atom. The number of fused-ring (bicyclic) bond motifs is 2. The molecule has 1 aliphatic carbocycles. The van der Waals surface area contributed by atoms with Gasteiger partial charge in [0, 0.05) is 10.6 Å². The molecule has 2 N–H and O–H groups in total. The van der Waals surface area contributed by atoms with E-state index >= 15 is 0 Å². The summed E-state index contributed by atoms with van der Waals surface area (Å²) in [7, 11) is 0. The van der Waals surface area contributed by atoms with Crippen molar-refractivity contribution in [1.82, 2.24) is 0 Å². The topological polar surface area (TPSA) is 64.7 Å². The Labute approximate surface area is 145 Å². The molecule has 3 atom stereocenters. The molecule has 1 aliphatic heterocycles. The van der Waals surface area contributed by atoms with E-state index in [4.69, 9.17) is 27.1 Å². The van der Waals surface area contributed by atoms with Gasteiger partial charge in [0.05, 0.1) is 6.04 Å². The Hall–Kier alpha value is -1.04. The van der Waals surface area contributed by atoms with Crippen LogP contribution >= 0.6 is 23.4 Å². The standard InChI is InChI=1S/C17H21ClN2O2S/c1-23-10-8-13(19)16-20-17(11-5-2-3-6-12(11)18)9-4-7-14(22-16)15(17)21/h2-3,5-6,13-14H,4,7-10,19H2,1H3/t13-,14+,17+/m0/s1. The summed E-state index contributed by atoms with van der Waals surface area (Å²) in [5.74, 6) is 1.45. The van der Waals surface area contributed by atoms with E-state index in [1.165, 1.54) is 0 Å². The predicted octanol–water partition coefficient (Wildman–Crippen LogP) is 3.17. The third kappa shape index (κ3) is 3.02. The van der Waals surface area contributed by atoms with Crippen LogP contribution in [0.15, 0.2) is 29.3 Å². The van der Waals surface area contributed by atoms with Gasteiger partial charge in [-0.25, -0.2) is 4.99 Å². The highest BCUT2D eigenvalue weighted by Crippen LogP contribution is 2.44. The molecule has 23 heavy (non-hydrogen) atoms. The molecule has 0 unspecified atom stereocenters. The Kier molecular flexibility index (Phi) is 4.99. The smallest absolute Gasteiger partial charge is 0.205 e. The molecule has 1 fully saturated rings. The molecule has 0 radical (unpaired) electrons. The van der Waals surface area contributed by atoms with Crippen molar-refractivity contribution in [1.29, 1.82) is 0 Å². The first-order valence-electron chi connectivity index (χ1n) is 7.89. The molecule has 0 spiro atoms. The summed E-state index contributed by atoms with van der Waals surface area (Å²) in [5.41, 5.74) is 6.09. The van der Waals surface area contributed by atoms with Crippen LogP contribution in [0.5, 0.6) is 0 Å². The Morgan fingerprint density at radius 3 is 3.04 bits per heavy atom. The normalized spacial score (nSPS) is 28.0. The van der Waals surface area contributed by atoms with Crippen molar-refractivity contribution in [2.24, 2.45) is 10.7 Å². The third-order valence-corrected chi connectivity index (χ3v) is 5.51. The molecule has 3 rings (SSSR count). The minimum Gasteiger partial charge on any atom is -0.468 e. The fourth-order valence-electron chi connectivity index (χ4n) is 3.31. The maximum absolute atomic E-state index is 12.9. The van der Waals surface area contributed by atoms with E-state index < -0.39 is 11.6 Å². The van der Waals surface area contributed by atoms with Gasteiger partial charge in [-0.15, -0.1) is 0 Å². The number of benzene rings is 1. The molecule has 124 valence electrons. The van der Waals surface area contributed by atoms with Crippen LogP contribution in [-0.2, 0) is 15.1 Å². The number of nitrogens with two attached hydrogens (primary N) is 1. The van der Waals surface area contributed by atoms with Crippen LogP contribution in [-0.4, -0.2) is 35.8 Å². The van der Waals surface area contributed by atoms with Gasteiger partial charge >= 0.3 is 0 Å². The number of ether oxygens (including phenoxy) is 1. The second-order valence-electron chi connectivity index (χ2n) is 6.04. The zero-order valence-electron chi connectivity index (χ0n) is 13.1. The van der Waals surface area contributed by atoms with Crippen molar-refractivity contribution >= 4 is 35.0 Å². The minimum atomic E-state index is -0.925. The first-order chi connectivity index (χ1) is 11.1. The summed E-state index contributed by atoms with van der Waals surface area (Å²) >= 11 is 8.11. The molecule has 0 aromatic heterocycles. The van der Waals surface area contributed by atoms with Crippen molar-refractivity contribution in [3.8, 4) is 0 Å². The lowest BCUT2D eigenvalue weighted by Gasteiger charge is -2.42. The summed E-state index contributed by atoms with van der Waals surface area (Å²) < 4.78 is 5.84. The van der Waals surface area contributed by atoms with Gasteiger partial charge in [-0.2, -0.15) is 11.8 Å². The number of hydrogen-bond acceptors (Lipinski definition) is 5. The Morgan fingerprint density at radius 1 is 1.52 bits per heavy atom. The lowest BCUT2D eigenvalue weighted by atomic mass is 9.73. The molecule has 1 aromatic rings. The first kappa shape index (κ1) is 16.8. The number of carbonyl (C=O) groups excluding carboxylic acids is 1. The quantitative estimate of drug-likeness (QED) is 0.884. The summed E-state index contributed by atoms with van der Waals surface area (Å²) in [5, 5.41) is 0.573. The van der Waals surface area contributed by atoms with E-state index in [2.05, 4.69) is 0 Å². The lowest BCUT2D eigenvalue weighted by Crippen LogP contribution is -2.54. The van der Waals surface area contributed by atoms with Crippen LogP contribution < -0.4 is 5.73 Å². The zero-order chi connectivity index (χ0) is 16.4. The summed E-state index contributed by atoms with van der Waals surface area (Å²) in [6.07, 6.45) is 4.64. The molecule has 6 heteroatoms. The Bertz CT molecular complexity index is 637. The average Bonchev–Trinajstić information content (AvgIpc) is 2.53. The van der Waals surface area contributed by atoms with E-state index in [1.807, 2.05) is 24.5 Å². The number of nitrogens with zero attached hydrogens (tertiary/aromatic N) is 1. The second kappa shape index (κ2) is 6.83. The largest absolute Gasteiger partial charge is 0.468 e. The summed E-state index contributed by atoms with van der Waals surface area (Å²) in [4.78, 5) is 17.7. The second-order valence-corrected chi connectivity index (χ2v) is 7.43. The molecule has 2 aliphatic rings. The number of halogens is 1. The van der Waals surface area contributed by atoms with Gasteiger partial charge in [-0.3, -0.25) is 4.79 Å². The van der Waals surface area contributed by atoms with Gasteiger partial charge in [0.1, 0.15) is 0 Å². The summed E-state index contributed by atoms with van der Waals surface area (Å²) in [6, 6.07) is 7.17. The van der Waals surface area contributed by atoms with Gasteiger partial charge < -0.3 is 10.5 Å². The van der Waals surface area contributed by atoms with E-state index in [0.29, 0.717) is 17.3 Å². The fraction of sp³-hybridized carbons (Fsp3) is 0.529. The maximum Gasteiger partial charge on any atom is 0.205 e. The lowest BCUT2D eigenvalue weighted by molar-refractivity contribution is -0.137. The van der Waals surface area contributed by atoms with Crippen LogP contribution in [0.4, 0.5) is 0 Å². The fourth-order valence-corrected chi connectivity index (χ4v) is 4.09. The van der Waals surface area contributed by atoms with E-state index in [0.717, 1.165) is 30.6 Å². The molecule has 0 amide bonds. The highest BCUT2D eigenvalue weighted by atomic mass is 35.5. The average molecular weight is 353 g/mol. The Balaban J connectivity index is 2.04. The first-order valence-corrected chi connectivity index (χ1v) is 9.66. The van der Waals surface area contributed by atoms with Gasteiger partial charge in [-0.1, -0.05) is 29.8 Å². The molecular formula is C17H21ClN2O2S. The van der Waals surface area contributed by atoms with Crippen molar-refractivity contribution in [3.05, 3.63) is 34.9 Å². The van der Waals surface area contributed by atoms with Crippen molar-refractivity contribution in [3.63, 3.8) is 0 Å². The number of carbonyl (C=O) groups is 1. The molecule has 1 heterocycles. The molecule has 0 saturated heterocycles. The number of aliphatic imine (C=N–C) groups is 1. The molecular weight excluding hydrogens is 332 g/mol. The van der Waals surface area contributed by atoms with Crippen LogP contribution in [0.2, 0.25) is 5.02 Å². The van der Waals surface area contributed by atoms with E-state index in [-0.39, 0.29) is 11.8 Å². The van der Waals surface area contributed by atoms with Gasteiger partial charge in [0.15, 0.2) is 11.6 Å². The third-order valence-electron chi connectivity index (χ3n) is 4.54. The van der Waals surface area contributed by atoms with E-state index in [9.17, 15) is 4.79 Å². The van der Waals surface area contributed by atoms with Crippen LogP contribution in [0, 0.1) is 0 Å². The minimum absolute atomic E-state index is 0.0117. The zero-order valence-corrected chi connectivity index (χ0v) is 14.7. The molecule has 2 bridgehead atoms. The number of thioether (sulfide) groups is 1. The maximum atomic E-state index is 12.9. The van der Waals surface area contributed by atoms with Crippen LogP contribution in [0.3, 0.4) is 0 Å². The van der Waals surface area contributed by atoms with Gasteiger partial charge in [0.25, 0.3) is 0 Å².